The lowest BCUT2D eigenvalue weighted by molar-refractivity contribution is -0.134. The highest BCUT2D eigenvalue weighted by molar-refractivity contribution is 7.91. The van der Waals surface area contributed by atoms with Crippen LogP contribution in [0.25, 0.3) is 0 Å². The number of ether oxygens (including phenoxy) is 1. The van der Waals surface area contributed by atoms with Gasteiger partial charge >= 0.3 is 0 Å². The number of carbonyl (C=O) groups excluding carboxylic acids is 1. The standard InChI is InChI=1S/C20H31N3O4S/c1-3-8-23(18-7-13-28(25,26)16-18)20(24)15-21-9-11-22(12-10-21)17-5-4-6-19(14-17)27-2/h4-6,14,18H,3,7-13,15-16H2,1-2H3/t18-/m0/s1. The molecule has 0 aromatic heterocycles. The van der Waals surface area contributed by atoms with Crippen molar-refractivity contribution < 1.29 is 17.9 Å². The maximum absolute atomic E-state index is 12.9. The summed E-state index contributed by atoms with van der Waals surface area (Å²) in [6, 6.07) is 7.87. The summed E-state index contributed by atoms with van der Waals surface area (Å²) in [4.78, 5) is 19.2. The van der Waals surface area contributed by atoms with Crippen molar-refractivity contribution in [1.82, 2.24) is 9.80 Å². The van der Waals surface area contributed by atoms with Crippen LogP contribution >= 0.6 is 0 Å². The molecule has 2 fully saturated rings. The monoisotopic (exact) mass is 409 g/mol. The Hall–Kier alpha value is -1.80. The maximum Gasteiger partial charge on any atom is 0.237 e. The number of anilines is 1. The second-order valence-corrected chi connectivity index (χ2v) is 9.84. The lowest BCUT2D eigenvalue weighted by Crippen LogP contribution is -2.52. The van der Waals surface area contributed by atoms with Gasteiger partial charge in [0.05, 0.1) is 25.2 Å². The topological polar surface area (TPSA) is 70.2 Å². The normalized spacial score (nSPS) is 22.2. The van der Waals surface area contributed by atoms with E-state index >= 15 is 0 Å². The van der Waals surface area contributed by atoms with Crippen LogP contribution in [0.4, 0.5) is 5.69 Å². The van der Waals surface area contributed by atoms with Gasteiger partial charge in [-0.2, -0.15) is 0 Å². The van der Waals surface area contributed by atoms with E-state index in [1.807, 2.05) is 25.1 Å². The fourth-order valence-electron chi connectivity index (χ4n) is 4.03. The van der Waals surface area contributed by atoms with Crippen molar-refractivity contribution in [3.8, 4) is 5.75 Å². The van der Waals surface area contributed by atoms with Crippen LogP contribution in [0.3, 0.4) is 0 Å². The molecule has 1 aromatic carbocycles. The lowest BCUT2D eigenvalue weighted by atomic mass is 10.2. The predicted molar refractivity (Wildman–Crippen MR) is 111 cm³/mol. The van der Waals surface area contributed by atoms with Gasteiger partial charge in [-0.15, -0.1) is 0 Å². The summed E-state index contributed by atoms with van der Waals surface area (Å²) in [6.45, 7) is 6.34. The number of sulfone groups is 1. The number of nitrogens with zero attached hydrogens (tertiary/aromatic N) is 3. The van der Waals surface area contributed by atoms with Crippen LogP contribution in [0.5, 0.6) is 5.75 Å². The minimum atomic E-state index is -2.99. The molecule has 0 aliphatic carbocycles. The molecule has 0 unspecified atom stereocenters. The summed E-state index contributed by atoms with van der Waals surface area (Å²) < 4.78 is 28.9. The first-order valence-corrected chi connectivity index (χ1v) is 11.8. The van der Waals surface area contributed by atoms with Gasteiger partial charge in [0.15, 0.2) is 9.84 Å². The zero-order chi connectivity index (χ0) is 20.1. The van der Waals surface area contributed by atoms with Crippen LogP contribution in [-0.4, -0.2) is 88.1 Å². The average Bonchev–Trinajstić information content (AvgIpc) is 3.06. The molecule has 2 heterocycles. The highest BCUT2D eigenvalue weighted by atomic mass is 32.2. The van der Waals surface area contributed by atoms with Crippen molar-refractivity contribution >= 4 is 21.4 Å². The van der Waals surface area contributed by atoms with Crippen LogP contribution in [0, 0.1) is 0 Å². The van der Waals surface area contributed by atoms with E-state index in [0.717, 1.165) is 44.0 Å². The van der Waals surface area contributed by atoms with Gasteiger partial charge in [0.2, 0.25) is 5.91 Å². The molecule has 0 radical (unpaired) electrons. The molecule has 2 aliphatic heterocycles. The lowest BCUT2D eigenvalue weighted by Gasteiger charge is -2.37. The number of hydrogen-bond donors (Lipinski definition) is 0. The second-order valence-electron chi connectivity index (χ2n) is 7.61. The Bertz CT molecular complexity index is 775. The maximum atomic E-state index is 12.9. The molecule has 1 atom stereocenters. The van der Waals surface area contributed by atoms with Crippen molar-refractivity contribution in [2.24, 2.45) is 0 Å². The Morgan fingerprint density at radius 2 is 2.00 bits per heavy atom. The van der Waals surface area contributed by atoms with Crippen LogP contribution in [0.2, 0.25) is 0 Å². The van der Waals surface area contributed by atoms with Gasteiger partial charge in [-0.25, -0.2) is 8.42 Å². The molecule has 2 aliphatic rings. The quantitative estimate of drug-likeness (QED) is 0.675. The number of piperazine rings is 1. The molecule has 8 heteroatoms. The minimum Gasteiger partial charge on any atom is -0.497 e. The van der Waals surface area contributed by atoms with Crippen molar-refractivity contribution in [3.05, 3.63) is 24.3 Å². The zero-order valence-corrected chi connectivity index (χ0v) is 17.7. The first kappa shape index (κ1) is 20.9. The molecule has 7 nitrogen and oxygen atoms in total. The summed E-state index contributed by atoms with van der Waals surface area (Å²) in [7, 11) is -1.33. The fraction of sp³-hybridized carbons (Fsp3) is 0.650. The second kappa shape index (κ2) is 9.13. The summed E-state index contributed by atoms with van der Waals surface area (Å²) in [5.41, 5.74) is 1.13. The molecule has 1 aromatic rings. The Labute approximate surface area is 168 Å². The number of benzene rings is 1. The van der Waals surface area contributed by atoms with Gasteiger partial charge in [-0.3, -0.25) is 9.69 Å². The third kappa shape index (κ3) is 5.17. The third-order valence-electron chi connectivity index (χ3n) is 5.58. The largest absolute Gasteiger partial charge is 0.497 e. The number of hydrogen-bond acceptors (Lipinski definition) is 6. The third-order valence-corrected chi connectivity index (χ3v) is 7.33. The summed E-state index contributed by atoms with van der Waals surface area (Å²) in [5.74, 6) is 1.21. The minimum absolute atomic E-state index is 0.0544. The fourth-order valence-corrected chi connectivity index (χ4v) is 5.76. The van der Waals surface area contributed by atoms with E-state index in [1.54, 1.807) is 12.0 Å². The molecule has 1 amide bonds. The Morgan fingerprint density at radius 3 is 2.61 bits per heavy atom. The van der Waals surface area contributed by atoms with E-state index in [1.165, 1.54) is 0 Å². The first-order valence-electron chi connectivity index (χ1n) is 10.0. The van der Waals surface area contributed by atoms with E-state index < -0.39 is 9.84 Å². The van der Waals surface area contributed by atoms with Gasteiger partial charge in [0.25, 0.3) is 0 Å². The van der Waals surface area contributed by atoms with Crippen molar-refractivity contribution in [2.45, 2.75) is 25.8 Å². The van der Waals surface area contributed by atoms with Gasteiger partial charge in [0.1, 0.15) is 5.75 Å². The molecule has 156 valence electrons. The number of methoxy groups -OCH3 is 1. The highest BCUT2D eigenvalue weighted by Gasteiger charge is 2.34. The van der Waals surface area contributed by atoms with E-state index in [2.05, 4.69) is 15.9 Å². The molecule has 3 rings (SSSR count). The summed E-state index contributed by atoms with van der Waals surface area (Å²) in [6.07, 6.45) is 1.41. The molecule has 0 saturated carbocycles. The smallest absolute Gasteiger partial charge is 0.237 e. The highest BCUT2D eigenvalue weighted by Crippen LogP contribution is 2.22. The first-order chi connectivity index (χ1) is 13.4. The zero-order valence-electron chi connectivity index (χ0n) is 16.8. The SMILES string of the molecule is CCCN(C(=O)CN1CCN(c2cccc(OC)c2)CC1)[C@H]1CCS(=O)(=O)C1. The Morgan fingerprint density at radius 1 is 1.25 bits per heavy atom. The van der Waals surface area contributed by atoms with Crippen LogP contribution in [0.1, 0.15) is 19.8 Å². The molecule has 0 N–H and O–H groups in total. The van der Waals surface area contributed by atoms with Crippen molar-refractivity contribution in [2.75, 3.05) is 62.8 Å². The molecular weight excluding hydrogens is 378 g/mol. The molecule has 28 heavy (non-hydrogen) atoms. The Kier molecular flexibility index (Phi) is 6.82. The van der Waals surface area contributed by atoms with E-state index in [-0.39, 0.29) is 23.5 Å². The van der Waals surface area contributed by atoms with Gasteiger partial charge in [0, 0.05) is 50.5 Å². The van der Waals surface area contributed by atoms with E-state index in [4.69, 9.17) is 4.74 Å². The van der Waals surface area contributed by atoms with Crippen LogP contribution in [0.15, 0.2) is 24.3 Å². The number of amides is 1. The Balaban J connectivity index is 1.54. The molecular formula is C20H31N3O4S. The molecule has 0 bridgehead atoms. The van der Waals surface area contributed by atoms with Crippen molar-refractivity contribution in [1.29, 1.82) is 0 Å². The van der Waals surface area contributed by atoms with Crippen LogP contribution in [-0.2, 0) is 14.6 Å². The molecule has 0 spiro atoms. The van der Waals surface area contributed by atoms with Gasteiger partial charge < -0.3 is 14.5 Å². The van der Waals surface area contributed by atoms with E-state index in [0.29, 0.717) is 19.5 Å². The van der Waals surface area contributed by atoms with Crippen molar-refractivity contribution in [3.63, 3.8) is 0 Å². The van der Waals surface area contributed by atoms with E-state index in [9.17, 15) is 13.2 Å². The number of carbonyl (C=O) groups is 1. The average molecular weight is 410 g/mol. The number of rotatable bonds is 7. The van der Waals surface area contributed by atoms with Gasteiger partial charge in [-0.05, 0) is 25.0 Å². The van der Waals surface area contributed by atoms with Crippen LogP contribution < -0.4 is 9.64 Å². The molecule has 2 saturated heterocycles. The van der Waals surface area contributed by atoms with Gasteiger partial charge in [-0.1, -0.05) is 13.0 Å². The summed E-state index contributed by atoms with van der Waals surface area (Å²) in [5, 5.41) is 0. The summed E-state index contributed by atoms with van der Waals surface area (Å²) >= 11 is 0. The predicted octanol–water partition coefficient (Wildman–Crippen LogP) is 1.24.